The molecule has 3 N–H and O–H groups in total. The fraction of sp³-hybridized carbons (Fsp3) is 0.611. The van der Waals surface area contributed by atoms with Crippen molar-refractivity contribution < 1.29 is 4.79 Å². The highest BCUT2D eigenvalue weighted by Crippen LogP contribution is 2.13. The Morgan fingerprint density at radius 2 is 1.62 bits per heavy atom. The predicted octanol–water partition coefficient (Wildman–Crippen LogP) is 3.12. The first-order valence-corrected chi connectivity index (χ1v) is 8.39. The number of rotatable bonds is 6. The first-order valence-electron chi connectivity index (χ1n) is 8.39. The largest absolute Gasteiger partial charge is 0.351 e. The van der Waals surface area contributed by atoms with Gasteiger partial charge in [-0.15, -0.1) is 24.8 Å². The van der Waals surface area contributed by atoms with Gasteiger partial charge in [0.05, 0.1) is 6.04 Å². The number of nitrogens with one attached hydrogen (secondary N) is 1. The van der Waals surface area contributed by atoms with Crippen LogP contribution in [-0.2, 0) is 17.9 Å². The fourth-order valence-corrected chi connectivity index (χ4v) is 2.75. The minimum absolute atomic E-state index is 0. The van der Waals surface area contributed by atoms with Crippen LogP contribution in [0.5, 0.6) is 0 Å². The molecule has 1 aromatic rings. The number of nitrogens with two attached hydrogens (primary N) is 1. The van der Waals surface area contributed by atoms with Crippen LogP contribution in [0.3, 0.4) is 0 Å². The smallest absolute Gasteiger partial charge is 0.237 e. The Balaban J connectivity index is 0.00000264. The van der Waals surface area contributed by atoms with Crippen molar-refractivity contribution in [1.29, 1.82) is 0 Å². The van der Waals surface area contributed by atoms with Crippen molar-refractivity contribution in [2.45, 2.75) is 52.2 Å². The highest BCUT2D eigenvalue weighted by molar-refractivity contribution is 5.85. The van der Waals surface area contributed by atoms with Gasteiger partial charge in [-0.05, 0) is 43.0 Å². The van der Waals surface area contributed by atoms with Crippen molar-refractivity contribution >= 4 is 30.7 Å². The lowest BCUT2D eigenvalue weighted by Gasteiger charge is -2.26. The molecule has 1 aliphatic rings. The molecule has 6 heteroatoms. The lowest BCUT2D eigenvalue weighted by Crippen LogP contribution is -2.43. The number of hydrogen-bond acceptors (Lipinski definition) is 3. The van der Waals surface area contributed by atoms with E-state index >= 15 is 0 Å². The van der Waals surface area contributed by atoms with Crippen LogP contribution >= 0.6 is 24.8 Å². The van der Waals surface area contributed by atoms with E-state index in [0.29, 0.717) is 6.54 Å². The van der Waals surface area contributed by atoms with Crippen molar-refractivity contribution in [1.82, 2.24) is 10.2 Å². The first-order chi connectivity index (χ1) is 10.6. The number of likely N-dealkylation sites (tertiary alicyclic amines) is 1. The molecule has 0 aliphatic carbocycles. The van der Waals surface area contributed by atoms with Gasteiger partial charge in [0.15, 0.2) is 0 Å². The Morgan fingerprint density at radius 1 is 1.08 bits per heavy atom. The average molecular weight is 376 g/mol. The molecular formula is C18H31Cl2N3O. The molecule has 1 aromatic carbocycles. The van der Waals surface area contributed by atoms with Crippen LogP contribution in [0, 0.1) is 5.92 Å². The van der Waals surface area contributed by atoms with Gasteiger partial charge in [-0.25, -0.2) is 0 Å². The molecule has 1 atom stereocenters. The predicted molar refractivity (Wildman–Crippen MR) is 105 cm³/mol. The molecule has 1 amide bonds. The Morgan fingerprint density at radius 3 is 2.17 bits per heavy atom. The monoisotopic (exact) mass is 375 g/mol. The molecule has 24 heavy (non-hydrogen) atoms. The lowest BCUT2D eigenvalue weighted by molar-refractivity contribution is -0.123. The van der Waals surface area contributed by atoms with E-state index in [0.717, 1.165) is 12.1 Å². The van der Waals surface area contributed by atoms with Crippen molar-refractivity contribution in [3.8, 4) is 0 Å². The second kappa shape index (κ2) is 11.7. The summed E-state index contributed by atoms with van der Waals surface area (Å²) in [6.45, 7) is 7.92. The van der Waals surface area contributed by atoms with Gasteiger partial charge in [0.2, 0.25) is 5.91 Å². The molecule has 4 nitrogen and oxygen atoms in total. The SMILES string of the molecule is CC(C)[C@@H](N)C(=O)NCc1ccc(CN2CCCCC2)cc1.Cl.Cl. The number of amides is 1. The van der Waals surface area contributed by atoms with Gasteiger partial charge in [-0.3, -0.25) is 9.69 Å². The summed E-state index contributed by atoms with van der Waals surface area (Å²) in [5.74, 6) is 0.0827. The van der Waals surface area contributed by atoms with E-state index in [9.17, 15) is 4.79 Å². The molecular weight excluding hydrogens is 345 g/mol. The van der Waals surface area contributed by atoms with Crippen molar-refractivity contribution in [3.05, 3.63) is 35.4 Å². The van der Waals surface area contributed by atoms with Crippen LogP contribution < -0.4 is 11.1 Å². The Bertz CT molecular complexity index is 474. The second-order valence-corrected chi connectivity index (χ2v) is 6.64. The zero-order valence-electron chi connectivity index (χ0n) is 14.7. The number of hydrogen-bond donors (Lipinski definition) is 2. The molecule has 0 aromatic heterocycles. The molecule has 0 radical (unpaired) electrons. The summed E-state index contributed by atoms with van der Waals surface area (Å²) >= 11 is 0. The topological polar surface area (TPSA) is 58.4 Å². The summed E-state index contributed by atoms with van der Waals surface area (Å²) in [7, 11) is 0. The standard InChI is InChI=1S/C18H29N3O.2ClH/c1-14(2)17(19)18(22)20-12-15-6-8-16(9-7-15)13-21-10-4-3-5-11-21;;/h6-9,14,17H,3-5,10-13,19H2,1-2H3,(H,20,22);2*1H/t17-;;/m1../s1. The summed E-state index contributed by atoms with van der Waals surface area (Å²) in [6, 6.07) is 8.09. The van der Waals surface area contributed by atoms with Crippen LogP contribution in [0.15, 0.2) is 24.3 Å². The van der Waals surface area contributed by atoms with Gasteiger partial charge in [-0.1, -0.05) is 44.5 Å². The lowest BCUT2D eigenvalue weighted by atomic mass is 10.0. The highest BCUT2D eigenvalue weighted by Gasteiger charge is 2.16. The van der Waals surface area contributed by atoms with E-state index in [-0.39, 0.29) is 36.6 Å². The van der Waals surface area contributed by atoms with E-state index in [1.807, 2.05) is 13.8 Å². The third-order valence-electron chi connectivity index (χ3n) is 4.37. The second-order valence-electron chi connectivity index (χ2n) is 6.64. The van der Waals surface area contributed by atoms with Crippen LogP contribution in [-0.4, -0.2) is 29.9 Å². The average Bonchev–Trinajstić information content (AvgIpc) is 2.54. The van der Waals surface area contributed by atoms with E-state index < -0.39 is 6.04 Å². The molecule has 138 valence electrons. The normalized spacial score (nSPS) is 16.0. The molecule has 1 aliphatic heterocycles. The number of carbonyl (C=O) groups excluding carboxylic acids is 1. The zero-order valence-corrected chi connectivity index (χ0v) is 16.3. The van der Waals surface area contributed by atoms with Crippen molar-refractivity contribution in [3.63, 3.8) is 0 Å². The number of benzene rings is 1. The van der Waals surface area contributed by atoms with Crippen LogP contribution in [0.1, 0.15) is 44.2 Å². The first kappa shape index (κ1) is 23.2. The summed E-state index contributed by atoms with van der Waals surface area (Å²) in [5.41, 5.74) is 8.30. The van der Waals surface area contributed by atoms with E-state index in [1.54, 1.807) is 0 Å². The zero-order chi connectivity index (χ0) is 15.9. The summed E-state index contributed by atoms with van der Waals surface area (Å²) in [4.78, 5) is 14.4. The van der Waals surface area contributed by atoms with Crippen LogP contribution in [0.2, 0.25) is 0 Å². The van der Waals surface area contributed by atoms with Gasteiger partial charge in [0.1, 0.15) is 0 Å². The van der Waals surface area contributed by atoms with E-state index in [4.69, 9.17) is 5.73 Å². The molecule has 1 saturated heterocycles. The van der Waals surface area contributed by atoms with E-state index in [1.165, 1.54) is 37.9 Å². The number of piperidine rings is 1. The highest BCUT2D eigenvalue weighted by atomic mass is 35.5. The maximum atomic E-state index is 11.8. The van der Waals surface area contributed by atoms with Gasteiger partial charge >= 0.3 is 0 Å². The number of nitrogens with zero attached hydrogens (tertiary/aromatic N) is 1. The molecule has 0 bridgehead atoms. The Labute approximate surface area is 158 Å². The summed E-state index contributed by atoms with van der Waals surface area (Å²) < 4.78 is 0. The summed E-state index contributed by atoms with van der Waals surface area (Å²) in [5, 5.41) is 2.91. The molecule has 0 saturated carbocycles. The van der Waals surface area contributed by atoms with Crippen molar-refractivity contribution in [2.75, 3.05) is 13.1 Å². The maximum absolute atomic E-state index is 11.8. The maximum Gasteiger partial charge on any atom is 0.237 e. The van der Waals surface area contributed by atoms with Crippen molar-refractivity contribution in [2.24, 2.45) is 11.7 Å². The molecule has 2 rings (SSSR count). The van der Waals surface area contributed by atoms with Gasteiger partial charge < -0.3 is 11.1 Å². The van der Waals surface area contributed by atoms with Crippen LogP contribution in [0.25, 0.3) is 0 Å². The molecule has 0 spiro atoms. The van der Waals surface area contributed by atoms with Gasteiger partial charge in [-0.2, -0.15) is 0 Å². The van der Waals surface area contributed by atoms with Gasteiger partial charge in [0.25, 0.3) is 0 Å². The molecule has 1 fully saturated rings. The molecule has 0 unspecified atom stereocenters. The third-order valence-corrected chi connectivity index (χ3v) is 4.37. The number of halogens is 2. The fourth-order valence-electron chi connectivity index (χ4n) is 2.75. The Hall–Kier alpha value is -0.810. The minimum atomic E-state index is -0.432. The third kappa shape index (κ3) is 7.39. The quantitative estimate of drug-likeness (QED) is 0.802. The number of carbonyl (C=O) groups is 1. The minimum Gasteiger partial charge on any atom is -0.351 e. The molecule has 1 heterocycles. The van der Waals surface area contributed by atoms with Crippen LogP contribution in [0.4, 0.5) is 0 Å². The summed E-state index contributed by atoms with van der Waals surface area (Å²) in [6.07, 6.45) is 4.01. The Kier molecular flexibility index (Phi) is 11.3. The van der Waals surface area contributed by atoms with Gasteiger partial charge in [0, 0.05) is 13.1 Å². The van der Waals surface area contributed by atoms with E-state index in [2.05, 4.69) is 34.5 Å².